The summed E-state index contributed by atoms with van der Waals surface area (Å²) in [5.41, 5.74) is 0.903. The zero-order chi connectivity index (χ0) is 15.0. The van der Waals surface area contributed by atoms with Gasteiger partial charge in [0.15, 0.2) is 0 Å². The maximum atomic E-state index is 12.2. The molecule has 2 bridgehead atoms. The second-order valence-corrected chi connectivity index (χ2v) is 8.18. The molecular formula is C15H19ClN2O2S. The van der Waals surface area contributed by atoms with Crippen LogP contribution in [0.25, 0.3) is 0 Å². The van der Waals surface area contributed by atoms with Crippen LogP contribution in [-0.4, -0.2) is 14.1 Å². The predicted molar refractivity (Wildman–Crippen MR) is 83.8 cm³/mol. The van der Waals surface area contributed by atoms with Gasteiger partial charge < -0.3 is 0 Å². The van der Waals surface area contributed by atoms with Gasteiger partial charge in [-0.2, -0.15) is 13.5 Å². The Morgan fingerprint density at radius 3 is 2.52 bits per heavy atom. The van der Waals surface area contributed by atoms with Crippen molar-refractivity contribution < 1.29 is 8.42 Å². The zero-order valence-corrected chi connectivity index (χ0v) is 13.5. The van der Waals surface area contributed by atoms with E-state index in [1.165, 1.54) is 31.4 Å². The Hall–Kier alpha value is -1.07. The Morgan fingerprint density at radius 2 is 1.95 bits per heavy atom. The van der Waals surface area contributed by atoms with Crippen molar-refractivity contribution in [3.8, 4) is 0 Å². The second-order valence-electron chi connectivity index (χ2n) is 6.08. The van der Waals surface area contributed by atoms with Crippen molar-refractivity contribution in [2.75, 3.05) is 0 Å². The van der Waals surface area contributed by atoms with Crippen LogP contribution in [0.3, 0.4) is 0 Å². The third-order valence-corrected chi connectivity index (χ3v) is 6.22. The molecule has 0 spiro atoms. The van der Waals surface area contributed by atoms with E-state index in [1.807, 2.05) is 6.92 Å². The standard InChI is InChI=1S/C15H19ClN2O2S/c1-10(15-9-11-2-3-12(15)8-11)17-18-21(19,20)14-6-4-13(16)5-7-14/h4-7,11-12,15,18H,2-3,8-9H2,1H3/b17-10-/t11-,12-,15-/m0/s1. The summed E-state index contributed by atoms with van der Waals surface area (Å²) in [6.45, 7) is 1.93. The minimum atomic E-state index is -3.61. The van der Waals surface area contributed by atoms with E-state index >= 15 is 0 Å². The van der Waals surface area contributed by atoms with E-state index in [9.17, 15) is 8.42 Å². The lowest BCUT2D eigenvalue weighted by Gasteiger charge is -2.21. The van der Waals surface area contributed by atoms with E-state index in [0.717, 1.165) is 18.1 Å². The molecule has 4 nitrogen and oxygen atoms in total. The first-order chi connectivity index (χ1) is 9.95. The minimum Gasteiger partial charge on any atom is -0.200 e. The number of benzene rings is 1. The van der Waals surface area contributed by atoms with Crippen LogP contribution in [0.15, 0.2) is 34.3 Å². The van der Waals surface area contributed by atoms with Crippen molar-refractivity contribution in [1.82, 2.24) is 4.83 Å². The number of nitrogens with one attached hydrogen (secondary N) is 1. The summed E-state index contributed by atoms with van der Waals surface area (Å²) in [7, 11) is -3.61. The van der Waals surface area contributed by atoms with E-state index in [-0.39, 0.29) is 4.90 Å². The molecule has 0 heterocycles. The lowest BCUT2D eigenvalue weighted by atomic mass is 9.86. The van der Waals surface area contributed by atoms with Crippen LogP contribution in [0.1, 0.15) is 32.6 Å². The van der Waals surface area contributed by atoms with E-state index in [4.69, 9.17) is 11.6 Å². The van der Waals surface area contributed by atoms with Gasteiger partial charge in [-0.3, -0.25) is 0 Å². The zero-order valence-electron chi connectivity index (χ0n) is 11.9. The van der Waals surface area contributed by atoms with Gasteiger partial charge in [0.1, 0.15) is 0 Å². The van der Waals surface area contributed by atoms with Gasteiger partial charge in [-0.25, -0.2) is 4.83 Å². The molecule has 21 heavy (non-hydrogen) atoms. The van der Waals surface area contributed by atoms with Crippen molar-refractivity contribution in [3.05, 3.63) is 29.3 Å². The fraction of sp³-hybridized carbons (Fsp3) is 0.533. The normalized spacial score (nSPS) is 28.9. The van der Waals surface area contributed by atoms with Crippen LogP contribution in [0.5, 0.6) is 0 Å². The molecule has 2 fully saturated rings. The molecule has 1 aromatic rings. The number of rotatable bonds is 4. The van der Waals surface area contributed by atoms with Crippen LogP contribution in [0, 0.1) is 17.8 Å². The molecule has 2 aliphatic carbocycles. The highest BCUT2D eigenvalue weighted by Crippen LogP contribution is 2.48. The van der Waals surface area contributed by atoms with E-state index in [1.54, 1.807) is 12.1 Å². The molecule has 0 saturated heterocycles. The summed E-state index contributed by atoms with van der Waals surface area (Å²) in [5.74, 6) is 1.95. The highest BCUT2D eigenvalue weighted by Gasteiger charge is 2.40. The van der Waals surface area contributed by atoms with Crippen LogP contribution >= 0.6 is 11.6 Å². The van der Waals surface area contributed by atoms with Crippen molar-refractivity contribution in [2.24, 2.45) is 22.9 Å². The average Bonchev–Trinajstić information content (AvgIpc) is 3.08. The maximum absolute atomic E-state index is 12.2. The molecule has 6 heteroatoms. The fourth-order valence-corrected chi connectivity index (χ4v) is 4.63. The molecule has 114 valence electrons. The molecule has 0 aromatic heterocycles. The smallest absolute Gasteiger partial charge is 0.200 e. The van der Waals surface area contributed by atoms with E-state index in [2.05, 4.69) is 9.93 Å². The molecule has 0 radical (unpaired) electrons. The van der Waals surface area contributed by atoms with Gasteiger partial charge in [0.2, 0.25) is 0 Å². The molecule has 2 saturated carbocycles. The number of nitrogens with zero attached hydrogens (tertiary/aromatic N) is 1. The Morgan fingerprint density at radius 1 is 1.24 bits per heavy atom. The average molecular weight is 327 g/mol. The van der Waals surface area contributed by atoms with Crippen molar-refractivity contribution in [1.29, 1.82) is 0 Å². The molecule has 1 aromatic carbocycles. The Kier molecular flexibility index (Phi) is 3.97. The summed E-state index contributed by atoms with van der Waals surface area (Å²) in [4.78, 5) is 2.53. The third kappa shape index (κ3) is 3.09. The first-order valence-corrected chi connectivity index (χ1v) is 9.13. The van der Waals surface area contributed by atoms with Gasteiger partial charge in [-0.1, -0.05) is 18.0 Å². The van der Waals surface area contributed by atoms with Gasteiger partial charge in [-0.05, 0) is 62.3 Å². The van der Waals surface area contributed by atoms with Gasteiger partial charge >= 0.3 is 0 Å². The van der Waals surface area contributed by atoms with Crippen molar-refractivity contribution in [2.45, 2.75) is 37.5 Å². The van der Waals surface area contributed by atoms with Gasteiger partial charge in [-0.15, -0.1) is 0 Å². The van der Waals surface area contributed by atoms with Gasteiger partial charge in [0.05, 0.1) is 4.90 Å². The number of hydrogen-bond acceptors (Lipinski definition) is 3. The molecular weight excluding hydrogens is 308 g/mol. The minimum absolute atomic E-state index is 0.177. The largest absolute Gasteiger partial charge is 0.276 e. The number of hydrazone groups is 1. The van der Waals surface area contributed by atoms with Crippen LogP contribution in [-0.2, 0) is 10.0 Å². The summed E-state index contributed by atoms with van der Waals surface area (Å²) < 4.78 is 24.3. The van der Waals surface area contributed by atoms with Crippen molar-refractivity contribution >= 4 is 27.3 Å². The SMILES string of the molecule is C/C(=N/NS(=O)(=O)c1ccc(Cl)cc1)[C@@H]1C[C@H]2CC[C@H]1C2. The van der Waals surface area contributed by atoms with Crippen LogP contribution < -0.4 is 4.83 Å². The lowest BCUT2D eigenvalue weighted by Crippen LogP contribution is -2.24. The highest BCUT2D eigenvalue weighted by molar-refractivity contribution is 7.89. The summed E-state index contributed by atoms with van der Waals surface area (Å²) in [6.07, 6.45) is 5.02. The summed E-state index contributed by atoms with van der Waals surface area (Å²) >= 11 is 5.77. The molecule has 3 rings (SSSR count). The molecule has 2 aliphatic rings. The van der Waals surface area contributed by atoms with Crippen LogP contribution in [0.4, 0.5) is 0 Å². The number of halogens is 1. The Labute approximate surface area is 130 Å². The summed E-state index contributed by atoms with van der Waals surface area (Å²) in [5, 5.41) is 4.65. The molecule has 1 N–H and O–H groups in total. The topological polar surface area (TPSA) is 58.5 Å². The third-order valence-electron chi connectivity index (χ3n) is 4.74. The maximum Gasteiger partial charge on any atom is 0.276 e. The number of fused-ring (bicyclic) bond motifs is 2. The Bertz CT molecular complexity index is 655. The predicted octanol–water partition coefficient (Wildman–Crippen LogP) is 3.43. The van der Waals surface area contributed by atoms with Gasteiger partial charge in [0, 0.05) is 16.7 Å². The highest BCUT2D eigenvalue weighted by atomic mass is 35.5. The molecule has 0 aliphatic heterocycles. The van der Waals surface area contributed by atoms with E-state index < -0.39 is 10.0 Å². The first-order valence-electron chi connectivity index (χ1n) is 7.27. The van der Waals surface area contributed by atoms with Crippen molar-refractivity contribution in [3.63, 3.8) is 0 Å². The van der Waals surface area contributed by atoms with Crippen LogP contribution in [0.2, 0.25) is 5.02 Å². The fourth-order valence-electron chi connectivity index (χ4n) is 3.64. The number of hydrogen-bond donors (Lipinski definition) is 1. The first kappa shape index (κ1) is 14.9. The lowest BCUT2D eigenvalue weighted by molar-refractivity contribution is 0.413. The monoisotopic (exact) mass is 326 g/mol. The second kappa shape index (κ2) is 5.61. The summed E-state index contributed by atoms with van der Waals surface area (Å²) in [6, 6.07) is 6.07. The number of sulfonamides is 1. The molecule has 3 atom stereocenters. The Balaban J connectivity index is 1.71. The van der Waals surface area contributed by atoms with E-state index in [0.29, 0.717) is 16.9 Å². The van der Waals surface area contributed by atoms with Gasteiger partial charge in [0.25, 0.3) is 10.0 Å². The quantitative estimate of drug-likeness (QED) is 0.680. The molecule has 0 unspecified atom stereocenters. The molecule has 0 amide bonds.